The van der Waals surface area contributed by atoms with Crippen molar-refractivity contribution in [1.29, 1.82) is 0 Å². The Morgan fingerprint density at radius 1 is 1.44 bits per heavy atom. The molecule has 0 bridgehead atoms. The molecule has 1 saturated heterocycles. The van der Waals surface area contributed by atoms with Gasteiger partial charge in [0, 0.05) is 12.1 Å². The van der Waals surface area contributed by atoms with Gasteiger partial charge in [0.25, 0.3) is 0 Å². The molecule has 2 atom stereocenters. The molecule has 1 aromatic carbocycles. The number of carbonyl (C=O) groups is 1. The number of alkyl halides is 1. The van der Waals surface area contributed by atoms with Crippen molar-refractivity contribution in [2.75, 3.05) is 11.9 Å². The molecule has 1 aromatic rings. The summed E-state index contributed by atoms with van der Waals surface area (Å²) in [5, 5.41) is 2.82. The number of rotatable bonds is 0. The summed E-state index contributed by atoms with van der Waals surface area (Å²) in [6, 6.07) is 7.49. The van der Waals surface area contributed by atoms with Gasteiger partial charge >= 0.3 is 0 Å². The molecule has 4 heteroatoms. The number of amides is 1. The molecule has 2 unspecified atom stereocenters. The van der Waals surface area contributed by atoms with E-state index in [9.17, 15) is 9.18 Å². The topological polar surface area (TPSA) is 38.3 Å². The van der Waals surface area contributed by atoms with Crippen molar-refractivity contribution in [3.05, 3.63) is 29.8 Å². The molecule has 0 aliphatic carbocycles. The van der Waals surface area contributed by atoms with E-state index in [2.05, 4.69) is 5.32 Å². The quantitative estimate of drug-likeness (QED) is 0.727. The Hall–Kier alpha value is -1.42. The van der Waals surface area contributed by atoms with Crippen LogP contribution in [0.4, 0.5) is 10.1 Å². The molecule has 1 amide bonds. The normalized spacial score (nSPS) is 32.6. The van der Waals surface area contributed by atoms with E-state index < -0.39 is 11.8 Å². The molecule has 16 heavy (non-hydrogen) atoms. The fourth-order valence-corrected chi connectivity index (χ4v) is 2.62. The van der Waals surface area contributed by atoms with Crippen molar-refractivity contribution in [3.63, 3.8) is 0 Å². The molecule has 3 nitrogen and oxygen atoms in total. The Morgan fingerprint density at radius 3 is 3.06 bits per heavy atom. The van der Waals surface area contributed by atoms with Crippen molar-refractivity contribution in [2.24, 2.45) is 0 Å². The summed E-state index contributed by atoms with van der Waals surface area (Å²) in [4.78, 5) is 12.0. The summed E-state index contributed by atoms with van der Waals surface area (Å²) in [5.41, 5.74) is 1.00. The van der Waals surface area contributed by atoms with E-state index in [1.165, 1.54) is 0 Å². The van der Waals surface area contributed by atoms with Crippen molar-refractivity contribution < 1.29 is 13.9 Å². The van der Waals surface area contributed by atoms with E-state index in [1.54, 1.807) is 0 Å². The highest BCUT2D eigenvalue weighted by atomic mass is 19.1. The first-order valence-corrected chi connectivity index (χ1v) is 5.39. The van der Waals surface area contributed by atoms with Crippen LogP contribution in [0.1, 0.15) is 18.4 Å². The Bertz CT molecular complexity index is 448. The predicted molar refractivity (Wildman–Crippen MR) is 56.8 cm³/mol. The average molecular weight is 221 g/mol. The molecule has 0 radical (unpaired) electrons. The first-order chi connectivity index (χ1) is 7.72. The van der Waals surface area contributed by atoms with Gasteiger partial charge in [-0.1, -0.05) is 18.2 Å². The Balaban J connectivity index is 2.09. The monoisotopic (exact) mass is 221 g/mol. The standard InChI is InChI=1S/C12H12FNO2/c13-10-7-12(5-6-16-10)8-3-1-2-4-9(8)14-11(12)15/h1-4,10H,5-7H2,(H,14,15). The number of hydrogen-bond donors (Lipinski definition) is 1. The van der Waals surface area contributed by atoms with Crippen LogP contribution in [0, 0.1) is 0 Å². The molecule has 1 N–H and O–H groups in total. The fourth-order valence-electron chi connectivity index (χ4n) is 2.62. The number of anilines is 1. The fraction of sp³-hybridized carbons (Fsp3) is 0.417. The van der Waals surface area contributed by atoms with Crippen LogP contribution in [0.25, 0.3) is 0 Å². The van der Waals surface area contributed by atoms with E-state index in [0.29, 0.717) is 13.0 Å². The maximum Gasteiger partial charge on any atom is 0.235 e. The number of fused-ring (bicyclic) bond motifs is 2. The Kier molecular flexibility index (Phi) is 2.01. The maximum absolute atomic E-state index is 13.3. The van der Waals surface area contributed by atoms with Crippen molar-refractivity contribution >= 4 is 11.6 Å². The van der Waals surface area contributed by atoms with Gasteiger partial charge in [-0.25, -0.2) is 4.39 Å². The first-order valence-electron chi connectivity index (χ1n) is 5.39. The van der Waals surface area contributed by atoms with Crippen LogP contribution < -0.4 is 5.32 Å². The van der Waals surface area contributed by atoms with Crippen LogP contribution in [-0.4, -0.2) is 18.9 Å². The second-order valence-corrected chi connectivity index (χ2v) is 4.32. The molecule has 0 aromatic heterocycles. The minimum absolute atomic E-state index is 0.0975. The summed E-state index contributed by atoms with van der Waals surface area (Å²) >= 11 is 0. The third kappa shape index (κ3) is 1.19. The molecule has 84 valence electrons. The van der Waals surface area contributed by atoms with Gasteiger partial charge in [0.1, 0.15) is 0 Å². The lowest BCUT2D eigenvalue weighted by Gasteiger charge is -2.33. The van der Waals surface area contributed by atoms with Crippen LogP contribution >= 0.6 is 0 Å². The number of carbonyl (C=O) groups excluding carboxylic acids is 1. The zero-order valence-electron chi connectivity index (χ0n) is 8.70. The van der Waals surface area contributed by atoms with Gasteiger partial charge in [0.2, 0.25) is 5.91 Å². The van der Waals surface area contributed by atoms with Crippen LogP contribution in [0.3, 0.4) is 0 Å². The lowest BCUT2D eigenvalue weighted by atomic mass is 9.75. The summed E-state index contributed by atoms with van der Waals surface area (Å²) in [6.45, 7) is 0.295. The van der Waals surface area contributed by atoms with Gasteiger partial charge in [0.15, 0.2) is 6.36 Å². The zero-order valence-corrected chi connectivity index (χ0v) is 8.70. The molecule has 1 spiro atoms. The highest BCUT2D eigenvalue weighted by Crippen LogP contribution is 2.45. The van der Waals surface area contributed by atoms with Crippen LogP contribution in [0.15, 0.2) is 24.3 Å². The van der Waals surface area contributed by atoms with Crippen LogP contribution in [-0.2, 0) is 14.9 Å². The number of benzene rings is 1. The molecule has 3 rings (SSSR count). The average Bonchev–Trinajstić information content (AvgIpc) is 2.53. The van der Waals surface area contributed by atoms with E-state index in [4.69, 9.17) is 4.74 Å². The third-order valence-electron chi connectivity index (χ3n) is 3.46. The van der Waals surface area contributed by atoms with Gasteiger partial charge in [0.05, 0.1) is 12.0 Å². The molecular formula is C12H12FNO2. The smallest absolute Gasteiger partial charge is 0.235 e. The van der Waals surface area contributed by atoms with Gasteiger partial charge in [-0.05, 0) is 18.1 Å². The number of ether oxygens (including phenoxy) is 1. The molecular weight excluding hydrogens is 209 g/mol. The lowest BCUT2D eigenvalue weighted by molar-refractivity contribution is -0.135. The Labute approximate surface area is 92.6 Å². The van der Waals surface area contributed by atoms with Crippen LogP contribution in [0.2, 0.25) is 0 Å². The van der Waals surface area contributed by atoms with Crippen molar-refractivity contribution in [1.82, 2.24) is 0 Å². The minimum atomic E-state index is -1.34. The molecule has 0 saturated carbocycles. The van der Waals surface area contributed by atoms with Crippen molar-refractivity contribution in [2.45, 2.75) is 24.6 Å². The van der Waals surface area contributed by atoms with E-state index in [1.807, 2.05) is 24.3 Å². The first kappa shape index (κ1) is 9.78. The predicted octanol–water partition coefficient (Wildman–Crippen LogP) is 1.98. The second-order valence-electron chi connectivity index (χ2n) is 4.32. The number of nitrogens with one attached hydrogen (secondary N) is 1. The highest BCUT2D eigenvalue weighted by Gasteiger charge is 2.50. The van der Waals surface area contributed by atoms with Gasteiger partial charge in [-0.15, -0.1) is 0 Å². The van der Waals surface area contributed by atoms with E-state index in [0.717, 1.165) is 11.3 Å². The molecule has 2 aliphatic rings. The summed E-state index contributed by atoms with van der Waals surface area (Å²) in [7, 11) is 0. The van der Waals surface area contributed by atoms with E-state index in [-0.39, 0.29) is 12.3 Å². The summed E-state index contributed by atoms with van der Waals surface area (Å²) in [5.74, 6) is -0.0975. The Morgan fingerprint density at radius 2 is 2.25 bits per heavy atom. The number of para-hydroxylation sites is 1. The largest absolute Gasteiger partial charge is 0.348 e. The van der Waals surface area contributed by atoms with Crippen molar-refractivity contribution in [3.8, 4) is 0 Å². The molecule has 2 heterocycles. The van der Waals surface area contributed by atoms with Crippen LogP contribution in [0.5, 0.6) is 0 Å². The van der Waals surface area contributed by atoms with Gasteiger partial charge in [-0.2, -0.15) is 0 Å². The van der Waals surface area contributed by atoms with Gasteiger partial charge in [-0.3, -0.25) is 4.79 Å². The molecule has 1 fully saturated rings. The highest BCUT2D eigenvalue weighted by molar-refractivity contribution is 6.06. The number of halogens is 1. The third-order valence-corrected chi connectivity index (χ3v) is 3.46. The second kappa shape index (κ2) is 3.28. The summed E-state index contributed by atoms with van der Waals surface area (Å²) in [6.07, 6.45) is -0.669. The number of hydrogen-bond acceptors (Lipinski definition) is 2. The minimum Gasteiger partial charge on any atom is -0.348 e. The van der Waals surface area contributed by atoms with Gasteiger partial charge < -0.3 is 10.1 Å². The lowest BCUT2D eigenvalue weighted by Crippen LogP contribution is -2.42. The summed E-state index contributed by atoms with van der Waals surface area (Å²) < 4.78 is 18.2. The zero-order chi connectivity index (χ0) is 11.2. The molecule has 2 aliphatic heterocycles. The maximum atomic E-state index is 13.3. The SMILES string of the molecule is O=C1Nc2ccccc2C12CCOC(F)C2. The van der Waals surface area contributed by atoms with E-state index >= 15 is 0 Å².